The summed E-state index contributed by atoms with van der Waals surface area (Å²) in [5.41, 5.74) is 3.19. The van der Waals surface area contributed by atoms with Crippen LogP contribution in [0.15, 0.2) is 72.8 Å². The number of carbonyl (C=O) groups excluding carboxylic acids is 1. The quantitative estimate of drug-likeness (QED) is 0.313. The SMILES string of the molecule is O=C(OCc1c(Cl)cccc1Cl)c1cc(-c2ccc(Cl)cc2)nc2ccccc12. The van der Waals surface area contributed by atoms with Crippen LogP contribution in [-0.4, -0.2) is 11.0 Å². The first-order valence-electron chi connectivity index (χ1n) is 8.78. The van der Waals surface area contributed by atoms with Crippen LogP contribution in [0.1, 0.15) is 15.9 Å². The van der Waals surface area contributed by atoms with E-state index < -0.39 is 5.97 Å². The Kier molecular flexibility index (Phi) is 5.72. The highest BCUT2D eigenvalue weighted by molar-refractivity contribution is 6.36. The van der Waals surface area contributed by atoms with Crippen molar-refractivity contribution in [1.29, 1.82) is 0 Å². The predicted octanol–water partition coefficient (Wildman–Crippen LogP) is 7.22. The van der Waals surface area contributed by atoms with Crippen molar-refractivity contribution in [2.24, 2.45) is 0 Å². The molecule has 4 rings (SSSR count). The van der Waals surface area contributed by atoms with Crippen LogP contribution in [0.2, 0.25) is 15.1 Å². The van der Waals surface area contributed by atoms with Gasteiger partial charge in [-0.25, -0.2) is 9.78 Å². The molecule has 0 saturated heterocycles. The molecule has 0 aliphatic heterocycles. The van der Waals surface area contributed by atoms with Crippen LogP contribution in [0.25, 0.3) is 22.2 Å². The number of nitrogens with zero attached hydrogens (tertiary/aromatic N) is 1. The minimum Gasteiger partial charge on any atom is -0.457 e. The smallest absolute Gasteiger partial charge is 0.339 e. The van der Waals surface area contributed by atoms with Crippen LogP contribution in [-0.2, 0) is 11.3 Å². The molecule has 4 aromatic rings. The third-order valence-electron chi connectivity index (χ3n) is 4.49. The van der Waals surface area contributed by atoms with E-state index in [1.165, 1.54) is 0 Å². The third kappa shape index (κ3) is 4.23. The number of esters is 1. The van der Waals surface area contributed by atoms with E-state index in [1.807, 2.05) is 36.4 Å². The van der Waals surface area contributed by atoms with Crippen LogP contribution in [0, 0.1) is 0 Å². The fourth-order valence-corrected chi connectivity index (χ4v) is 3.63. The molecule has 1 heterocycles. The molecule has 6 heteroatoms. The number of hydrogen-bond donors (Lipinski definition) is 0. The van der Waals surface area contributed by atoms with E-state index in [-0.39, 0.29) is 6.61 Å². The first-order chi connectivity index (χ1) is 14.0. The molecule has 1 aromatic heterocycles. The van der Waals surface area contributed by atoms with E-state index in [1.54, 1.807) is 36.4 Å². The van der Waals surface area contributed by atoms with Crippen molar-refractivity contribution in [3.8, 4) is 11.3 Å². The molecule has 0 aliphatic rings. The zero-order valence-corrected chi connectivity index (χ0v) is 17.3. The number of benzene rings is 3. The van der Waals surface area contributed by atoms with Gasteiger partial charge in [-0.2, -0.15) is 0 Å². The summed E-state index contributed by atoms with van der Waals surface area (Å²) in [5.74, 6) is -0.477. The maximum atomic E-state index is 12.9. The standard InChI is InChI=1S/C23H14Cl3NO2/c24-15-10-8-14(9-11-15)22-12-17(16-4-1-2-7-21(16)27-22)23(28)29-13-18-19(25)5-3-6-20(18)26/h1-12H,13H2. The lowest BCUT2D eigenvalue weighted by Gasteiger charge is -2.11. The highest BCUT2D eigenvalue weighted by atomic mass is 35.5. The summed E-state index contributed by atoms with van der Waals surface area (Å²) in [5, 5.41) is 2.24. The first kappa shape index (κ1) is 19.7. The number of ether oxygens (including phenoxy) is 1. The van der Waals surface area contributed by atoms with Crippen LogP contribution >= 0.6 is 34.8 Å². The van der Waals surface area contributed by atoms with Gasteiger partial charge in [0.15, 0.2) is 0 Å². The van der Waals surface area contributed by atoms with Gasteiger partial charge in [0.05, 0.1) is 16.8 Å². The van der Waals surface area contributed by atoms with E-state index in [0.29, 0.717) is 42.8 Å². The largest absolute Gasteiger partial charge is 0.457 e. The fourth-order valence-electron chi connectivity index (χ4n) is 3.00. The maximum absolute atomic E-state index is 12.9. The summed E-state index contributed by atoms with van der Waals surface area (Å²) >= 11 is 18.3. The second-order valence-corrected chi connectivity index (χ2v) is 7.61. The molecule has 0 fully saturated rings. The Morgan fingerprint density at radius 1 is 0.862 bits per heavy atom. The lowest BCUT2D eigenvalue weighted by atomic mass is 10.0. The van der Waals surface area contributed by atoms with Gasteiger partial charge in [0.1, 0.15) is 6.61 Å². The molecule has 0 spiro atoms. The average Bonchev–Trinajstić information content (AvgIpc) is 2.73. The topological polar surface area (TPSA) is 39.2 Å². The number of hydrogen-bond acceptors (Lipinski definition) is 3. The van der Waals surface area contributed by atoms with E-state index >= 15 is 0 Å². The number of carbonyl (C=O) groups is 1. The second kappa shape index (κ2) is 8.42. The van der Waals surface area contributed by atoms with Crippen LogP contribution in [0.3, 0.4) is 0 Å². The van der Waals surface area contributed by atoms with Gasteiger partial charge in [0.25, 0.3) is 0 Å². The van der Waals surface area contributed by atoms with Crippen molar-refractivity contribution >= 4 is 51.7 Å². The molecule has 3 nitrogen and oxygen atoms in total. The van der Waals surface area contributed by atoms with Crippen molar-refractivity contribution < 1.29 is 9.53 Å². The molecule has 0 atom stereocenters. The molecule has 0 radical (unpaired) electrons. The minimum absolute atomic E-state index is 0.0235. The van der Waals surface area contributed by atoms with Gasteiger partial charge in [-0.15, -0.1) is 0 Å². The summed E-state index contributed by atoms with van der Waals surface area (Å²) in [6.45, 7) is -0.0235. The van der Waals surface area contributed by atoms with E-state index in [2.05, 4.69) is 4.98 Å². The lowest BCUT2D eigenvalue weighted by molar-refractivity contribution is 0.0475. The number of halogens is 3. The first-order valence-corrected chi connectivity index (χ1v) is 9.92. The summed E-state index contributed by atoms with van der Waals surface area (Å²) < 4.78 is 5.54. The van der Waals surface area contributed by atoms with Gasteiger partial charge in [-0.05, 0) is 36.4 Å². The number of pyridine rings is 1. The highest BCUT2D eigenvalue weighted by Gasteiger charge is 2.16. The third-order valence-corrected chi connectivity index (χ3v) is 5.45. The zero-order chi connectivity index (χ0) is 20.4. The molecule has 0 aliphatic carbocycles. The van der Waals surface area contributed by atoms with Crippen LogP contribution in [0.5, 0.6) is 0 Å². The maximum Gasteiger partial charge on any atom is 0.339 e. The molecule has 0 saturated carbocycles. The fraction of sp³-hybridized carbons (Fsp3) is 0.0435. The van der Waals surface area contributed by atoms with Crippen molar-refractivity contribution in [1.82, 2.24) is 4.98 Å². The van der Waals surface area contributed by atoms with Gasteiger partial charge in [-0.1, -0.05) is 71.2 Å². The molecule has 0 unspecified atom stereocenters. The Morgan fingerprint density at radius 2 is 1.55 bits per heavy atom. The van der Waals surface area contributed by atoms with Crippen molar-refractivity contribution in [3.63, 3.8) is 0 Å². The summed E-state index contributed by atoms with van der Waals surface area (Å²) in [6, 6.07) is 21.6. The van der Waals surface area contributed by atoms with E-state index in [4.69, 9.17) is 39.5 Å². The van der Waals surface area contributed by atoms with Crippen LogP contribution in [0.4, 0.5) is 0 Å². The number of para-hydroxylation sites is 1. The van der Waals surface area contributed by atoms with Gasteiger partial charge in [0, 0.05) is 31.6 Å². The summed E-state index contributed by atoms with van der Waals surface area (Å²) in [6.07, 6.45) is 0. The molecule has 0 bridgehead atoms. The minimum atomic E-state index is -0.477. The molecule has 0 N–H and O–H groups in total. The highest BCUT2D eigenvalue weighted by Crippen LogP contribution is 2.28. The van der Waals surface area contributed by atoms with Gasteiger partial charge in [-0.3, -0.25) is 0 Å². The lowest BCUT2D eigenvalue weighted by Crippen LogP contribution is -2.07. The Balaban J connectivity index is 1.72. The normalized spacial score (nSPS) is 10.9. The number of fused-ring (bicyclic) bond motifs is 1. The van der Waals surface area contributed by atoms with Gasteiger partial charge >= 0.3 is 5.97 Å². The number of rotatable bonds is 4. The molecule has 3 aromatic carbocycles. The van der Waals surface area contributed by atoms with Crippen molar-refractivity contribution in [2.75, 3.05) is 0 Å². The Hall–Kier alpha value is -2.59. The summed E-state index contributed by atoms with van der Waals surface area (Å²) in [4.78, 5) is 17.6. The van der Waals surface area contributed by atoms with Gasteiger partial charge in [0.2, 0.25) is 0 Å². The van der Waals surface area contributed by atoms with Crippen molar-refractivity contribution in [3.05, 3.63) is 99.0 Å². The molecule has 144 valence electrons. The molecule has 0 amide bonds. The predicted molar refractivity (Wildman–Crippen MR) is 118 cm³/mol. The van der Waals surface area contributed by atoms with Crippen LogP contribution < -0.4 is 0 Å². The van der Waals surface area contributed by atoms with E-state index in [9.17, 15) is 4.79 Å². The van der Waals surface area contributed by atoms with Gasteiger partial charge < -0.3 is 4.74 Å². The Morgan fingerprint density at radius 3 is 2.28 bits per heavy atom. The molecular weight excluding hydrogens is 429 g/mol. The van der Waals surface area contributed by atoms with Crippen molar-refractivity contribution in [2.45, 2.75) is 6.61 Å². The molecule has 29 heavy (non-hydrogen) atoms. The monoisotopic (exact) mass is 441 g/mol. The number of aromatic nitrogens is 1. The van der Waals surface area contributed by atoms with E-state index in [0.717, 1.165) is 5.56 Å². The second-order valence-electron chi connectivity index (χ2n) is 6.36. The average molecular weight is 443 g/mol. The molecular formula is C23H14Cl3NO2. The summed E-state index contributed by atoms with van der Waals surface area (Å²) in [7, 11) is 0. The Bertz CT molecular complexity index is 1190. The Labute approximate surface area is 182 Å². The zero-order valence-electron chi connectivity index (χ0n) is 15.0.